The Morgan fingerprint density at radius 1 is 0.275 bits per heavy atom. The third kappa shape index (κ3) is 26.8. The fourth-order valence-corrected chi connectivity index (χ4v) is 6.90. The van der Waals surface area contributed by atoms with Gasteiger partial charge in [0, 0.05) is 12.8 Å². The van der Waals surface area contributed by atoms with Crippen molar-refractivity contribution in [2.45, 2.75) is 219 Å². The molecule has 2 nitrogen and oxygen atoms in total. The number of hydrogen-bond acceptors (Lipinski definition) is 0. The Morgan fingerprint density at radius 2 is 0.450 bits per heavy atom. The zero-order valence-electron chi connectivity index (χ0n) is 29.4. The van der Waals surface area contributed by atoms with Crippen LogP contribution in [-0.2, 0) is 0 Å². The number of hydrogen-bond donors (Lipinski definition) is 2. The SMILES string of the molecule is CCCCCCCCCCCCCCCCCCC(C(CCCCCCCCCCCCCC)[NH+](C)C)[NH+](C)C. The van der Waals surface area contributed by atoms with E-state index < -0.39 is 0 Å². The smallest absolute Gasteiger partial charge is 0.139 e. The highest BCUT2D eigenvalue weighted by Crippen LogP contribution is 2.16. The zero-order valence-corrected chi connectivity index (χ0v) is 29.4. The first kappa shape index (κ1) is 39.9. The molecule has 242 valence electrons. The first-order valence-corrected chi connectivity index (χ1v) is 19.1. The lowest BCUT2D eigenvalue weighted by Crippen LogP contribution is -3.21. The van der Waals surface area contributed by atoms with Crippen molar-refractivity contribution in [2.75, 3.05) is 28.2 Å². The number of likely N-dealkylation sites (N-methyl/N-ethyl adjacent to an activating group) is 2. The topological polar surface area (TPSA) is 8.88 Å². The van der Waals surface area contributed by atoms with E-state index in [9.17, 15) is 0 Å². The van der Waals surface area contributed by atoms with Crippen molar-refractivity contribution < 1.29 is 9.80 Å². The van der Waals surface area contributed by atoms with Crippen LogP contribution >= 0.6 is 0 Å². The van der Waals surface area contributed by atoms with Gasteiger partial charge in [0.1, 0.15) is 12.1 Å². The highest BCUT2D eigenvalue weighted by molar-refractivity contribution is 4.68. The molecule has 0 amide bonds. The Labute approximate surface area is 256 Å². The molecule has 0 aliphatic carbocycles. The summed E-state index contributed by atoms with van der Waals surface area (Å²) in [6.45, 7) is 4.62. The Morgan fingerprint density at radius 3 is 0.625 bits per heavy atom. The van der Waals surface area contributed by atoms with Crippen LogP contribution in [0.5, 0.6) is 0 Å². The molecule has 0 aliphatic heterocycles. The van der Waals surface area contributed by atoms with Gasteiger partial charge in [0.25, 0.3) is 0 Å². The first-order valence-electron chi connectivity index (χ1n) is 19.1. The molecule has 40 heavy (non-hydrogen) atoms. The van der Waals surface area contributed by atoms with Crippen molar-refractivity contribution in [3.63, 3.8) is 0 Å². The van der Waals surface area contributed by atoms with Crippen molar-refractivity contribution in [1.29, 1.82) is 0 Å². The summed E-state index contributed by atoms with van der Waals surface area (Å²) in [6, 6.07) is 1.65. The van der Waals surface area contributed by atoms with Crippen LogP contribution in [-0.4, -0.2) is 40.3 Å². The fourth-order valence-electron chi connectivity index (χ4n) is 6.90. The molecule has 0 aliphatic rings. The predicted octanol–water partition coefficient (Wildman–Crippen LogP) is 9.76. The van der Waals surface area contributed by atoms with Gasteiger partial charge in [-0.3, -0.25) is 0 Å². The van der Waals surface area contributed by atoms with Gasteiger partial charge in [-0.2, -0.15) is 0 Å². The maximum absolute atomic E-state index is 2.41. The van der Waals surface area contributed by atoms with E-state index in [2.05, 4.69) is 42.0 Å². The molecule has 2 atom stereocenters. The molecule has 0 fully saturated rings. The average molecular weight is 567 g/mol. The number of nitrogens with one attached hydrogen (secondary N) is 2. The monoisotopic (exact) mass is 567 g/mol. The van der Waals surface area contributed by atoms with Crippen LogP contribution in [0.25, 0.3) is 0 Å². The summed E-state index contributed by atoms with van der Waals surface area (Å²) in [6.07, 6.45) is 43.7. The molecule has 0 radical (unpaired) electrons. The molecule has 0 spiro atoms. The molecule has 0 heterocycles. The summed E-state index contributed by atoms with van der Waals surface area (Å²) in [4.78, 5) is 3.37. The summed E-state index contributed by atoms with van der Waals surface area (Å²) >= 11 is 0. The molecular formula is C38H82N2+2. The highest BCUT2D eigenvalue weighted by Gasteiger charge is 2.30. The lowest BCUT2D eigenvalue weighted by molar-refractivity contribution is -0.959. The number of unbranched alkanes of at least 4 members (excludes halogenated alkanes) is 26. The number of quaternary nitrogens is 2. The highest BCUT2D eigenvalue weighted by atomic mass is 15.2. The molecule has 2 heteroatoms. The molecule has 0 saturated carbocycles. The van der Waals surface area contributed by atoms with Crippen molar-refractivity contribution in [1.82, 2.24) is 0 Å². The van der Waals surface area contributed by atoms with Crippen LogP contribution in [0.3, 0.4) is 0 Å². The summed E-state index contributed by atoms with van der Waals surface area (Å²) in [7, 11) is 9.65. The van der Waals surface area contributed by atoms with E-state index >= 15 is 0 Å². The van der Waals surface area contributed by atoms with E-state index in [-0.39, 0.29) is 0 Å². The Kier molecular flexibility index (Phi) is 31.8. The summed E-state index contributed by atoms with van der Waals surface area (Å²) in [5.41, 5.74) is 0. The van der Waals surface area contributed by atoms with Gasteiger partial charge >= 0.3 is 0 Å². The van der Waals surface area contributed by atoms with Crippen molar-refractivity contribution in [3.05, 3.63) is 0 Å². The zero-order chi connectivity index (χ0) is 29.5. The molecular weight excluding hydrogens is 484 g/mol. The molecule has 0 saturated heterocycles. The second-order valence-electron chi connectivity index (χ2n) is 14.1. The van der Waals surface area contributed by atoms with Crippen LogP contribution in [0, 0.1) is 0 Å². The quantitative estimate of drug-likeness (QED) is 0.0732. The second kappa shape index (κ2) is 31.8. The van der Waals surface area contributed by atoms with Gasteiger partial charge in [0.15, 0.2) is 0 Å². The lowest BCUT2D eigenvalue weighted by Gasteiger charge is -2.31. The standard InChI is InChI=1S/C38H80N2/c1-7-9-11-13-15-17-19-21-22-23-24-26-28-30-32-34-36-38(40(5)6)37(39(3)4)35-33-31-29-27-25-20-18-16-14-12-10-8-2/h37-38H,7-36H2,1-6H3/p+2. The summed E-state index contributed by atoms with van der Waals surface area (Å²) in [5, 5.41) is 0. The Balaban J connectivity index is 3.78. The van der Waals surface area contributed by atoms with E-state index in [0.717, 1.165) is 12.1 Å². The molecule has 0 bridgehead atoms. The normalized spacial score (nSPS) is 13.5. The van der Waals surface area contributed by atoms with E-state index in [0.29, 0.717) is 0 Å². The number of rotatable bonds is 33. The minimum atomic E-state index is 0.823. The Hall–Kier alpha value is -0.0800. The molecule has 0 aromatic carbocycles. The van der Waals surface area contributed by atoms with Crippen molar-refractivity contribution >= 4 is 0 Å². The maximum Gasteiger partial charge on any atom is 0.139 e. The van der Waals surface area contributed by atoms with Crippen LogP contribution in [0.2, 0.25) is 0 Å². The lowest BCUT2D eigenvalue weighted by atomic mass is 9.93. The van der Waals surface area contributed by atoms with Crippen LogP contribution in [0.1, 0.15) is 206 Å². The van der Waals surface area contributed by atoms with Gasteiger partial charge in [-0.25, -0.2) is 0 Å². The van der Waals surface area contributed by atoms with E-state index in [1.54, 1.807) is 9.80 Å². The summed E-state index contributed by atoms with van der Waals surface area (Å²) < 4.78 is 0. The van der Waals surface area contributed by atoms with Gasteiger partial charge in [0.2, 0.25) is 0 Å². The minimum absolute atomic E-state index is 0.823. The maximum atomic E-state index is 2.41. The van der Waals surface area contributed by atoms with Gasteiger partial charge in [-0.05, 0) is 12.8 Å². The third-order valence-electron chi connectivity index (χ3n) is 9.71. The molecule has 0 rings (SSSR count). The van der Waals surface area contributed by atoms with Crippen molar-refractivity contribution in [2.24, 2.45) is 0 Å². The molecule has 0 aromatic heterocycles. The Bertz CT molecular complexity index is 460. The summed E-state index contributed by atoms with van der Waals surface area (Å²) in [5.74, 6) is 0. The first-order chi connectivity index (χ1) is 19.5. The van der Waals surface area contributed by atoms with E-state index in [1.165, 1.54) is 193 Å². The van der Waals surface area contributed by atoms with Crippen LogP contribution < -0.4 is 9.80 Å². The van der Waals surface area contributed by atoms with E-state index in [1.807, 2.05) is 0 Å². The predicted molar refractivity (Wildman–Crippen MR) is 183 cm³/mol. The molecule has 2 N–H and O–H groups in total. The van der Waals surface area contributed by atoms with Gasteiger partial charge in [-0.15, -0.1) is 0 Å². The van der Waals surface area contributed by atoms with E-state index in [4.69, 9.17) is 0 Å². The average Bonchev–Trinajstić information content (AvgIpc) is 2.93. The second-order valence-corrected chi connectivity index (χ2v) is 14.1. The fraction of sp³-hybridized carbons (Fsp3) is 1.00. The minimum Gasteiger partial charge on any atom is -0.332 e. The van der Waals surface area contributed by atoms with Gasteiger partial charge in [0.05, 0.1) is 28.2 Å². The van der Waals surface area contributed by atoms with Crippen molar-refractivity contribution in [3.8, 4) is 0 Å². The third-order valence-corrected chi connectivity index (χ3v) is 9.71. The van der Waals surface area contributed by atoms with Crippen LogP contribution in [0.15, 0.2) is 0 Å². The van der Waals surface area contributed by atoms with Crippen LogP contribution in [0.4, 0.5) is 0 Å². The van der Waals surface area contributed by atoms with Gasteiger partial charge in [-0.1, -0.05) is 181 Å². The van der Waals surface area contributed by atoms with Gasteiger partial charge < -0.3 is 9.80 Å². The molecule has 0 aromatic rings. The largest absolute Gasteiger partial charge is 0.332 e. The molecule has 2 unspecified atom stereocenters.